The third kappa shape index (κ3) is 5.00. The summed E-state index contributed by atoms with van der Waals surface area (Å²) in [5.41, 5.74) is -1.42. The lowest BCUT2D eigenvalue weighted by Gasteiger charge is -2.37. The van der Waals surface area contributed by atoms with Crippen LogP contribution in [-0.2, 0) is 19.1 Å². The van der Waals surface area contributed by atoms with Gasteiger partial charge in [0, 0.05) is 5.92 Å². The lowest BCUT2D eigenvalue weighted by molar-refractivity contribution is -0.167. The van der Waals surface area contributed by atoms with E-state index in [-0.39, 0.29) is 5.92 Å². The van der Waals surface area contributed by atoms with Gasteiger partial charge in [-0.15, -0.1) is 0 Å². The standard InChI is InChI=1S/C16H27NO5/c1-10-8-9-11(13(19)21-15(2,3)4)17(12(10)18)14(20)22-16(5,6)7/h10-11H,8-9H2,1-7H3/t10?,11-/m0/s1. The van der Waals surface area contributed by atoms with Crippen molar-refractivity contribution >= 4 is 18.0 Å². The van der Waals surface area contributed by atoms with Crippen LogP contribution in [0.15, 0.2) is 0 Å². The quantitative estimate of drug-likeness (QED) is 0.696. The Kier molecular flexibility index (Phi) is 5.25. The minimum Gasteiger partial charge on any atom is -0.458 e. The van der Waals surface area contributed by atoms with E-state index in [1.165, 1.54) is 0 Å². The molecule has 1 heterocycles. The molecule has 1 rings (SSSR count). The molecule has 2 amide bonds. The van der Waals surface area contributed by atoms with E-state index in [1.54, 1.807) is 48.5 Å². The van der Waals surface area contributed by atoms with E-state index in [2.05, 4.69) is 0 Å². The lowest BCUT2D eigenvalue weighted by Crippen LogP contribution is -2.56. The van der Waals surface area contributed by atoms with Crippen molar-refractivity contribution in [2.24, 2.45) is 5.92 Å². The zero-order valence-corrected chi connectivity index (χ0v) is 14.6. The van der Waals surface area contributed by atoms with Crippen LogP contribution in [0.5, 0.6) is 0 Å². The molecule has 0 aromatic heterocycles. The number of carbonyl (C=O) groups is 3. The Bertz CT molecular complexity index is 458. The first-order valence-electron chi connectivity index (χ1n) is 7.61. The van der Waals surface area contributed by atoms with Gasteiger partial charge in [-0.2, -0.15) is 0 Å². The highest BCUT2D eigenvalue weighted by Crippen LogP contribution is 2.27. The van der Waals surface area contributed by atoms with E-state index < -0.39 is 35.2 Å². The molecule has 6 heteroatoms. The van der Waals surface area contributed by atoms with E-state index >= 15 is 0 Å². The first-order valence-corrected chi connectivity index (χ1v) is 7.61. The smallest absolute Gasteiger partial charge is 0.417 e. The van der Waals surface area contributed by atoms with E-state index in [4.69, 9.17) is 9.47 Å². The summed E-state index contributed by atoms with van der Waals surface area (Å²) in [6, 6.07) is -0.919. The Morgan fingerprint density at radius 1 is 1.00 bits per heavy atom. The van der Waals surface area contributed by atoms with Gasteiger partial charge in [0.1, 0.15) is 17.2 Å². The first kappa shape index (κ1) is 18.5. The maximum absolute atomic E-state index is 12.4. The molecule has 0 aromatic carbocycles. The number of rotatable bonds is 1. The van der Waals surface area contributed by atoms with Crippen LogP contribution >= 0.6 is 0 Å². The van der Waals surface area contributed by atoms with Gasteiger partial charge in [-0.1, -0.05) is 6.92 Å². The van der Waals surface area contributed by atoms with Crippen molar-refractivity contribution in [3.63, 3.8) is 0 Å². The van der Waals surface area contributed by atoms with Crippen molar-refractivity contribution in [2.75, 3.05) is 0 Å². The average molecular weight is 313 g/mol. The zero-order valence-electron chi connectivity index (χ0n) is 14.6. The SMILES string of the molecule is CC1CC[C@@H](C(=O)OC(C)(C)C)N(C(=O)OC(C)(C)C)C1=O. The Morgan fingerprint density at radius 3 is 1.95 bits per heavy atom. The molecule has 0 saturated carbocycles. The molecule has 1 fully saturated rings. The van der Waals surface area contributed by atoms with Gasteiger partial charge in [0.05, 0.1) is 0 Å². The lowest BCUT2D eigenvalue weighted by atomic mass is 9.93. The highest BCUT2D eigenvalue weighted by atomic mass is 16.6. The van der Waals surface area contributed by atoms with Gasteiger partial charge in [0.25, 0.3) is 0 Å². The third-order valence-electron chi connectivity index (χ3n) is 3.11. The van der Waals surface area contributed by atoms with Crippen LogP contribution in [0.2, 0.25) is 0 Å². The van der Waals surface area contributed by atoms with Crippen LogP contribution < -0.4 is 0 Å². The number of hydrogen-bond donors (Lipinski definition) is 0. The Balaban J connectivity index is 3.00. The summed E-state index contributed by atoms with van der Waals surface area (Å²) in [6.45, 7) is 12.1. The number of nitrogens with zero attached hydrogens (tertiary/aromatic N) is 1. The van der Waals surface area contributed by atoms with Crippen molar-refractivity contribution in [3.05, 3.63) is 0 Å². The molecule has 0 N–H and O–H groups in total. The number of ether oxygens (including phenoxy) is 2. The summed E-state index contributed by atoms with van der Waals surface area (Å²) in [5, 5.41) is 0. The second-order valence-electron chi connectivity index (χ2n) is 7.72. The fourth-order valence-electron chi connectivity index (χ4n) is 2.17. The molecule has 6 nitrogen and oxygen atoms in total. The predicted octanol–water partition coefficient (Wildman–Crippen LogP) is 2.89. The second kappa shape index (κ2) is 6.26. The van der Waals surface area contributed by atoms with Crippen molar-refractivity contribution in [1.29, 1.82) is 0 Å². The summed E-state index contributed by atoms with van der Waals surface area (Å²) in [6.07, 6.45) is 0.142. The number of hydrogen-bond acceptors (Lipinski definition) is 5. The molecule has 1 aliphatic rings. The normalized spacial score (nSPS) is 23.2. The monoisotopic (exact) mass is 313 g/mol. The number of piperidine rings is 1. The summed E-state index contributed by atoms with van der Waals surface area (Å²) in [7, 11) is 0. The molecule has 2 atom stereocenters. The molecule has 0 spiro atoms. The van der Waals surface area contributed by atoms with Crippen LogP contribution in [0, 0.1) is 5.92 Å². The maximum Gasteiger partial charge on any atom is 0.417 e. The zero-order chi connectivity index (χ0) is 17.3. The summed E-state index contributed by atoms with van der Waals surface area (Å²) < 4.78 is 10.6. The van der Waals surface area contributed by atoms with Crippen molar-refractivity contribution in [3.8, 4) is 0 Å². The van der Waals surface area contributed by atoms with Crippen LogP contribution in [0.1, 0.15) is 61.3 Å². The van der Waals surface area contributed by atoms with Gasteiger partial charge in [0.15, 0.2) is 0 Å². The fraction of sp³-hybridized carbons (Fsp3) is 0.812. The number of esters is 1. The molecule has 126 valence electrons. The molecular formula is C16H27NO5. The van der Waals surface area contributed by atoms with Gasteiger partial charge < -0.3 is 9.47 Å². The minimum atomic E-state index is -0.919. The molecule has 1 aliphatic heterocycles. The van der Waals surface area contributed by atoms with Gasteiger partial charge in [0.2, 0.25) is 5.91 Å². The van der Waals surface area contributed by atoms with Gasteiger partial charge in [-0.3, -0.25) is 4.79 Å². The average Bonchev–Trinajstić information content (AvgIpc) is 2.27. The van der Waals surface area contributed by atoms with Crippen molar-refractivity contribution in [1.82, 2.24) is 4.90 Å². The van der Waals surface area contributed by atoms with E-state index in [1.807, 2.05) is 0 Å². The number of likely N-dealkylation sites (tertiary alicyclic amines) is 1. The van der Waals surface area contributed by atoms with E-state index in [9.17, 15) is 14.4 Å². The largest absolute Gasteiger partial charge is 0.458 e. The third-order valence-corrected chi connectivity index (χ3v) is 3.11. The fourth-order valence-corrected chi connectivity index (χ4v) is 2.17. The summed E-state index contributed by atoms with van der Waals surface area (Å²) in [5.74, 6) is -1.28. The van der Waals surface area contributed by atoms with E-state index in [0.29, 0.717) is 12.8 Å². The summed E-state index contributed by atoms with van der Waals surface area (Å²) in [4.78, 5) is 37.9. The van der Waals surface area contributed by atoms with Crippen LogP contribution in [0.25, 0.3) is 0 Å². The Morgan fingerprint density at radius 2 is 1.50 bits per heavy atom. The number of imide groups is 1. The topological polar surface area (TPSA) is 72.9 Å². The van der Waals surface area contributed by atoms with Crippen LogP contribution in [0.4, 0.5) is 4.79 Å². The van der Waals surface area contributed by atoms with Gasteiger partial charge in [-0.05, 0) is 54.4 Å². The van der Waals surface area contributed by atoms with Crippen molar-refractivity contribution in [2.45, 2.75) is 78.6 Å². The molecule has 0 radical (unpaired) electrons. The molecule has 1 unspecified atom stereocenters. The maximum atomic E-state index is 12.4. The second-order valence-corrected chi connectivity index (χ2v) is 7.72. The molecule has 1 saturated heterocycles. The minimum absolute atomic E-state index is 0.314. The predicted molar refractivity (Wildman–Crippen MR) is 81.1 cm³/mol. The van der Waals surface area contributed by atoms with Crippen LogP contribution in [-0.4, -0.2) is 40.1 Å². The van der Waals surface area contributed by atoms with Gasteiger partial charge in [-0.25, -0.2) is 14.5 Å². The summed E-state index contributed by atoms with van der Waals surface area (Å²) >= 11 is 0. The number of amides is 2. The van der Waals surface area contributed by atoms with Crippen molar-refractivity contribution < 1.29 is 23.9 Å². The molecular weight excluding hydrogens is 286 g/mol. The Hall–Kier alpha value is -1.59. The highest BCUT2D eigenvalue weighted by Gasteiger charge is 2.44. The molecule has 0 bridgehead atoms. The van der Waals surface area contributed by atoms with E-state index in [0.717, 1.165) is 4.90 Å². The first-order chi connectivity index (χ1) is 9.82. The number of carbonyl (C=O) groups excluding carboxylic acids is 3. The Labute approximate surface area is 132 Å². The molecule has 22 heavy (non-hydrogen) atoms. The van der Waals surface area contributed by atoms with Crippen LogP contribution in [0.3, 0.4) is 0 Å². The highest BCUT2D eigenvalue weighted by molar-refractivity contribution is 5.98. The molecule has 0 aliphatic carbocycles. The molecule has 0 aromatic rings. The van der Waals surface area contributed by atoms with Gasteiger partial charge >= 0.3 is 12.1 Å².